The number of sulfonamides is 1. The van der Waals surface area contributed by atoms with E-state index in [1.54, 1.807) is 0 Å². The minimum absolute atomic E-state index is 0.0178. The maximum atomic E-state index is 12.1. The molecular formula is C13H18N2O5S2. The van der Waals surface area contributed by atoms with E-state index in [0.717, 1.165) is 4.31 Å². The van der Waals surface area contributed by atoms with E-state index in [0.29, 0.717) is 6.42 Å². The highest BCUT2D eigenvalue weighted by Gasteiger charge is 2.29. The van der Waals surface area contributed by atoms with E-state index < -0.39 is 31.8 Å². The van der Waals surface area contributed by atoms with Crippen molar-refractivity contribution in [3.05, 3.63) is 29.8 Å². The van der Waals surface area contributed by atoms with Gasteiger partial charge in [0.15, 0.2) is 9.84 Å². The Labute approximate surface area is 130 Å². The van der Waals surface area contributed by atoms with Gasteiger partial charge in [0, 0.05) is 25.7 Å². The molecule has 1 saturated heterocycles. The summed E-state index contributed by atoms with van der Waals surface area (Å²) in [6, 6.07) is 5.25. The van der Waals surface area contributed by atoms with Crippen LogP contribution in [0.5, 0.6) is 0 Å². The maximum absolute atomic E-state index is 12.1. The van der Waals surface area contributed by atoms with E-state index >= 15 is 0 Å². The molecule has 0 radical (unpaired) electrons. The fraction of sp³-hybridized carbons (Fsp3) is 0.462. The van der Waals surface area contributed by atoms with Crippen LogP contribution in [-0.2, 0) is 19.9 Å². The average Bonchev–Trinajstić information content (AvgIpc) is 2.77. The van der Waals surface area contributed by atoms with Gasteiger partial charge in [0.2, 0.25) is 10.0 Å². The van der Waals surface area contributed by atoms with Crippen molar-refractivity contribution < 1.29 is 21.6 Å². The van der Waals surface area contributed by atoms with Crippen molar-refractivity contribution in [1.29, 1.82) is 0 Å². The van der Waals surface area contributed by atoms with E-state index in [4.69, 9.17) is 0 Å². The predicted octanol–water partition coefficient (Wildman–Crippen LogP) is -0.146. The standard InChI is InChI=1S/C13H18N2O5S2/c1-15(2)22(19,20)12-5-3-4-10(8-12)13(16)14-11-6-7-21(17,18)9-11/h3-5,8,11H,6-7,9H2,1-2H3,(H,14,16)/t11-/m0/s1. The third-order valence-electron chi connectivity index (χ3n) is 3.44. The van der Waals surface area contributed by atoms with Crippen molar-refractivity contribution in [3.63, 3.8) is 0 Å². The lowest BCUT2D eigenvalue weighted by atomic mass is 10.2. The third kappa shape index (κ3) is 3.65. The fourth-order valence-corrected chi connectivity index (χ4v) is 4.81. The Morgan fingerprint density at radius 3 is 2.55 bits per heavy atom. The summed E-state index contributed by atoms with van der Waals surface area (Å²) in [5.41, 5.74) is 0.187. The zero-order chi connectivity index (χ0) is 16.5. The smallest absolute Gasteiger partial charge is 0.251 e. The highest BCUT2D eigenvalue weighted by Crippen LogP contribution is 2.16. The molecule has 1 aliphatic rings. The topological polar surface area (TPSA) is 101 Å². The van der Waals surface area contributed by atoms with E-state index in [1.807, 2.05) is 0 Å². The Morgan fingerprint density at radius 2 is 2.00 bits per heavy atom. The largest absolute Gasteiger partial charge is 0.348 e. The highest BCUT2D eigenvalue weighted by molar-refractivity contribution is 7.91. The van der Waals surface area contributed by atoms with E-state index in [1.165, 1.54) is 38.4 Å². The van der Waals surface area contributed by atoms with Crippen LogP contribution in [0.3, 0.4) is 0 Å². The first kappa shape index (κ1) is 16.9. The van der Waals surface area contributed by atoms with Crippen molar-refractivity contribution >= 4 is 25.8 Å². The molecule has 1 N–H and O–H groups in total. The normalized spacial score (nSPS) is 21.0. The van der Waals surface area contributed by atoms with Crippen molar-refractivity contribution in [1.82, 2.24) is 9.62 Å². The molecule has 2 rings (SSSR count). The fourth-order valence-electron chi connectivity index (χ4n) is 2.19. The number of nitrogens with one attached hydrogen (secondary N) is 1. The van der Waals surface area contributed by atoms with Crippen LogP contribution in [0.15, 0.2) is 29.2 Å². The minimum atomic E-state index is -3.62. The Bertz CT molecular complexity index is 784. The summed E-state index contributed by atoms with van der Waals surface area (Å²) in [4.78, 5) is 12.2. The first-order valence-corrected chi connectivity index (χ1v) is 9.92. The number of carbonyl (C=O) groups excluding carboxylic acids is 1. The monoisotopic (exact) mass is 346 g/mol. The number of benzene rings is 1. The second-order valence-corrected chi connectivity index (χ2v) is 9.77. The van der Waals surface area contributed by atoms with Gasteiger partial charge < -0.3 is 5.32 Å². The molecule has 0 aliphatic carbocycles. The number of sulfone groups is 1. The zero-order valence-electron chi connectivity index (χ0n) is 12.3. The van der Waals surface area contributed by atoms with Crippen LogP contribution in [0.1, 0.15) is 16.8 Å². The summed E-state index contributed by atoms with van der Waals surface area (Å²) in [6.07, 6.45) is 0.379. The predicted molar refractivity (Wildman–Crippen MR) is 81.8 cm³/mol. The number of carbonyl (C=O) groups is 1. The Hall–Kier alpha value is -1.45. The van der Waals surface area contributed by atoms with Gasteiger partial charge in [0.25, 0.3) is 5.91 Å². The van der Waals surface area contributed by atoms with Crippen LogP contribution >= 0.6 is 0 Å². The number of nitrogens with zero attached hydrogens (tertiary/aromatic N) is 1. The number of hydrogen-bond donors (Lipinski definition) is 1. The minimum Gasteiger partial charge on any atom is -0.348 e. The van der Waals surface area contributed by atoms with Crippen LogP contribution in [0.2, 0.25) is 0 Å². The molecule has 1 heterocycles. The molecule has 1 aromatic rings. The Balaban J connectivity index is 2.18. The zero-order valence-corrected chi connectivity index (χ0v) is 13.9. The first-order valence-electron chi connectivity index (χ1n) is 6.66. The molecule has 0 spiro atoms. The number of rotatable bonds is 4. The molecule has 1 aromatic carbocycles. The molecule has 1 atom stereocenters. The molecule has 0 aromatic heterocycles. The lowest BCUT2D eigenvalue weighted by molar-refractivity contribution is 0.0941. The molecule has 0 saturated carbocycles. The van der Waals surface area contributed by atoms with Gasteiger partial charge in [-0.25, -0.2) is 21.1 Å². The SMILES string of the molecule is CN(C)S(=O)(=O)c1cccc(C(=O)N[C@H]2CCS(=O)(=O)C2)c1. The maximum Gasteiger partial charge on any atom is 0.251 e. The van der Waals surface area contributed by atoms with Crippen LogP contribution in [0.25, 0.3) is 0 Å². The van der Waals surface area contributed by atoms with Gasteiger partial charge in [-0.2, -0.15) is 0 Å². The summed E-state index contributed by atoms with van der Waals surface area (Å²) in [5, 5.41) is 2.63. The van der Waals surface area contributed by atoms with Crippen LogP contribution in [0.4, 0.5) is 0 Å². The average molecular weight is 346 g/mol. The number of amides is 1. The molecule has 1 fully saturated rings. The van der Waals surface area contributed by atoms with Gasteiger partial charge in [0.05, 0.1) is 16.4 Å². The van der Waals surface area contributed by atoms with Crippen LogP contribution < -0.4 is 5.32 Å². The van der Waals surface area contributed by atoms with E-state index in [9.17, 15) is 21.6 Å². The summed E-state index contributed by atoms with van der Waals surface area (Å²) < 4.78 is 47.9. The second kappa shape index (κ2) is 5.98. The molecular weight excluding hydrogens is 328 g/mol. The van der Waals surface area contributed by atoms with Gasteiger partial charge in [0.1, 0.15) is 0 Å². The second-order valence-electron chi connectivity index (χ2n) is 5.39. The van der Waals surface area contributed by atoms with Gasteiger partial charge in [-0.1, -0.05) is 6.07 Å². The number of hydrogen-bond acceptors (Lipinski definition) is 5. The van der Waals surface area contributed by atoms with Crippen LogP contribution in [-0.4, -0.2) is 58.7 Å². The molecule has 7 nitrogen and oxygen atoms in total. The van der Waals surface area contributed by atoms with E-state index in [-0.39, 0.29) is 22.0 Å². The van der Waals surface area contributed by atoms with Gasteiger partial charge >= 0.3 is 0 Å². The summed E-state index contributed by atoms with van der Waals surface area (Å²) in [7, 11) is -3.89. The van der Waals surface area contributed by atoms with Crippen molar-refractivity contribution in [2.45, 2.75) is 17.4 Å². The third-order valence-corrected chi connectivity index (χ3v) is 7.02. The highest BCUT2D eigenvalue weighted by atomic mass is 32.2. The lowest BCUT2D eigenvalue weighted by Crippen LogP contribution is -2.35. The lowest BCUT2D eigenvalue weighted by Gasteiger charge is -2.14. The summed E-state index contributed by atoms with van der Waals surface area (Å²) in [6.45, 7) is 0. The molecule has 0 bridgehead atoms. The van der Waals surface area contributed by atoms with Gasteiger partial charge in [-0.05, 0) is 24.6 Å². The summed E-state index contributed by atoms with van der Waals surface area (Å²) in [5.74, 6) is -0.487. The van der Waals surface area contributed by atoms with Crippen LogP contribution in [0, 0.1) is 0 Å². The Kier molecular flexibility index (Phi) is 4.59. The van der Waals surface area contributed by atoms with Crippen molar-refractivity contribution in [2.24, 2.45) is 0 Å². The molecule has 22 heavy (non-hydrogen) atoms. The molecule has 1 aliphatic heterocycles. The quantitative estimate of drug-likeness (QED) is 0.817. The molecule has 122 valence electrons. The van der Waals surface area contributed by atoms with Gasteiger partial charge in [-0.15, -0.1) is 0 Å². The summed E-state index contributed by atoms with van der Waals surface area (Å²) >= 11 is 0. The van der Waals surface area contributed by atoms with E-state index in [2.05, 4.69) is 5.32 Å². The molecule has 0 unspecified atom stereocenters. The van der Waals surface area contributed by atoms with Crippen molar-refractivity contribution in [2.75, 3.05) is 25.6 Å². The molecule has 1 amide bonds. The molecule has 9 heteroatoms. The first-order chi connectivity index (χ1) is 10.1. The van der Waals surface area contributed by atoms with Crippen molar-refractivity contribution in [3.8, 4) is 0 Å². The van der Waals surface area contributed by atoms with Gasteiger partial charge in [-0.3, -0.25) is 4.79 Å². The Morgan fingerprint density at radius 1 is 1.32 bits per heavy atom.